The molecule has 0 aliphatic carbocycles. The normalized spacial score (nSPS) is 14.2. The first-order valence-corrected chi connectivity index (χ1v) is 6.09. The summed E-state index contributed by atoms with van der Waals surface area (Å²) in [5, 5.41) is 16.6. The van der Waals surface area contributed by atoms with E-state index >= 15 is 0 Å². The lowest BCUT2D eigenvalue weighted by atomic mass is 9.99. The molecule has 4 nitrogen and oxygen atoms in total. The minimum atomic E-state index is -1.06. The average molecular weight is 251 g/mol. The third kappa shape index (κ3) is 2.75. The van der Waals surface area contributed by atoms with Crippen LogP contribution in [-0.2, 0) is 5.60 Å². The lowest BCUT2D eigenvalue weighted by molar-refractivity contribution is 0.0530. The van der Waals surface area contributed by atoms with E-state index in [4.69, 9.17) is 4.42 Å². The van der Waals surface area contributed by atoms with Gasteiger partial charge in [-0.3, -0.25) is 4.79 Å². The van der Waals surface area contributed by atoms with Crippen LogP contribution in [0, 0.1) is 0 Å². The van der Waals surface area contributed by atoms with Crippen molar-refractivity contribution in [2.75, 3.05) is 6.54 Å². The topological polar surface area (TPSA) is 62.5 Å². The Morgan fingerprint density at radius 2 is 2.41 bits per heavy atom. The summed E-state index contributed by atoms with van der Waals surface area (Å²) in [7, 11) is 0. The fourth-order valence-electron chi connectivity index (χ4n) is 1.42. The van der Waals surface area contributed by atoms with Crippen molar-refractivity contribution in [3.8, 4) is 0 Å². The molecule has 1 atom stereocenters. The average Bonchev–Trinajstić information content (AvgIpc) is 2.97. The van der Waals surface area contributed by atoms with Crippen molar-refractivity contribution in [3.05, 3.63) is 46.5 Å². The van der Waals surface area contributed by atoms with E-state index in [1.165, 1.54) is 23.9 Å². The molecule has 0 saturated heterocycles. The van der Waals surface area contributed by atoms with Gasteiger partial charge in [-0.15, -0.1) is 0 Å². The SMILES string of the molecule is CC(O)(CNC(=O)c1ccoc1)c1ccsc1. The number of amides is 1. The Labute approximate surface area is 103 Å². The van der Waals surface area contributed by atoms with Gasteiger partial charge in [0.25, 0.3) is 5.91 Å². The molecule has 17 heavy (non-hydrogen) atoms. The lowest BCUT2D eigenvalue weighted by Crippen LogP contribution is -2.38. The summed E-state index contributed by atoms with van der Waals surface area (Å²) in [5.41, 5.74) is 0.195. The molecule has 0 fully saturated rings. The van der Waals surface area contributed by atoms with Crippen LogP contribution in [0.25, 0.3) is 0 Å². The van der Waals surface area contributed by atoms with Crippen LogP contribution in [0.1, 0.15) is 22.8 Å². The largest absolute Gasteiger partial charge is 0.472 e. The number of nitrogens with one attached hydrogen (secondary N) is 1. The van der Waals surface area contributed by atoms with Gasteiger partial charge >= 0.3 is 0 Å². The molecule has 90 valence electrons. The highest BCUT2D eigenvalue weighted by atomic mass is 32.1. The van der Waals surface area contributed by atoms with E-state index in [-0.39, 0.29) is 12.5 Å². The number of carbonyl (C=O) groups excluding carboxylic acids is 1. The van der Waals surface area contributed by atoms with Crippen molar-refractivity contribution in [2.24, 2.45) is 0 Å². The number of hydrogen-bond donors (Lipinski definition) is 2. The molecular weight excluding hydrogens is 238 g/mol. The van der Waals surface area contributed by atoms with E-state index in [1.54, 1.807) is 13.0 Å². The van der Waals surface area contributed by atoms with Crippen LogP contribution in [-0.4, -0.2) is 17.6 Å². The molecule has 2 heterocycles. The maximum absolute atomic E-state index is 11.6. The molecule has 5 heteroatoms. The van der Waals surface area contributed by atoms with Gasteiger partial charge in [-0.2, -0.15) is 11.3 Å². The zero-order valence-corrected chi connectivity index (χ0v) is 10.2. The first-order valence-electron chi connectivity index (χ1n) is 5.15. The van der Waals surface area contributed by atoms with Gasteiger partial charge in [0.1, 0.15) is 11.9 Å². The third-order valence-electron chi connectivity index (χ3n) is 2.52. The Kier molecular flexibility index (Phi) is 3.31. The van der Waals surface area contributed by atoms with Crippen molar-refractivity contribution >= 4 is 17.2 Å². The summed E-state index contributed by atoms with van der Waals surface area (Å²) in [5.74, 6) is -0.255. The highest BCUT2D eigenvalue weighted by molar-refractivity contribution is 7.08. The number of aliphatic hydroxyl groups is 1. The van der Waals surface area contributed by atoms with E-state index in [0.717, 1.165) is 5.56 Å². The van der Waals surface area contributed by atoms with E-state index in [1.807, 2.05) is 16.8 Å². The quantitative estimate of drug-likeness (QED) is 0.873. The van der Waals surface area contributed by atoms with Gasteiger partial charge < -0.3 is 14.8 Å². The minimum Gasteiger partial charge on any atom is -0.472 e. The summed E-state index contributed by atoms with van der Waals surface area (Å²) in [6.07, 6.45) is 2.81. The summed E-state index contributed by atoms with van der Waals surface area (Å²) in [4.78, 5) is 11.6. The van der Waals surface area contributed by atoms with Crippen LogP contribution in [0.15, 0.2) is 39.8 Å². The standard InChI is InChI=1S/C12H13NO3S/c1-12(15,10-3-5-17-7-10)8-13-11(14)9-2-4-16-6-9/h2-7,15H,8H2,1H3,(H,13,14). The van der Waals surface area contributed by atoms with E-state index in [9.17, 15) is 9.90 Å². The first-order chi connectivity index (χ1) is 8.09. The molecule has 0 saturated carbocycles. The van der Waals surface area contributed by atoms with Crippen LogP contribution in [0.5, 0.6) is 0 Å². The second-order valence-corrected chi connectivity index (χ2v) is 4.76. The third-order valence-corrected chi connectivity index (χ3v) is 3.20. The van der Waals surface area contributed by atoms with Crippen molar-refractivity contribution in [1.29, 1.82) is 0 Å². The Hall–Kier alpha value is -1.59. The minimum absolute atomic E-state index is 0.160. The van der Waals surface area contributed by atoms with Crippen LogP contribution >= 0.6 is 11.3 Å². The summed E-state index contributed by atoms with van der Waals surface area (Å²) in [6, 6.07) is 3.42. The van der Waals surface area contributed by atoms with Gasteiger partial charge in [0, 0.05) is 0 Å². The fraction of sp³-hybridized carbons (Fsp3) is 0.250. The fourth-order valence-corrected chi connectivity index (χ4v) is 2.20. The summed E-state index contributed by atoms with van der Waals surface area (Å²) >= 11 is 1.51. The number of thiophene rings is 1. The molecule has 2 N–H and O–H groups in total. The Morgan fingerprint density at radius 3 is 3.00 bits per heavy atom. The van der Waals surface area contributed by atoms with Gasteiger partial charge in [-0.1, -0.05) is 0 Å². The molecule has 0 radical (unpaired) electrons. The predicted octanol–water partition coefficient (Wildman–Crippen LogP) is 1.98. The van der Waals surface area contributed by atoms with Gasteiger partial charge in [0.2, 0.25) is 0 Å². The van der Waals surface area contributed by atoms with E-state index in [2.05, 4.69) is 5.32 Å². The molecule has 2 aromatic rings. The Balaban J connectivity index is 1.96. The highest BCUT2D eigenvalue weighted by Crippen LogP contribution is 2.22. The second-order valence-electron chi connectivity index (χ2n) is 3.98. The lowest BCUT2D eigenvalue weighted by Gasteiger charge is -2.22. The molecule has 2 rings (SSSR count). The molecule has 2 aromatic heterocycles. The molecule has 0 spiro atoms. The van der Waals surface area contributed by atoms with E-state index in [0.29, 0.717) is 5.56 Å². The van der Waals surface area contributed by atoms with Gasteiger partial charge in [-0.05, 0) is 35.4 Å². The number of furan rings is 1. The zero-order chi connectivity index (χ0) is 12.3. The summed E-state index contributed by atoms with van der Waals surface area (Å²) in [6.45, 7) is 1.83. The monoisotopic (exact) mass is 251 g/mol. The van der Waals surface area contributed by atoms with Gasteiger partial charge in [0.05, 0.1) is 18.4 Å². The van der Waals surface area contributed by atoms with Crippen LogP contribution in [0.2, 0.25) is 0 Å². The second kappa shape index (κ2) is 4.73. The van der Waals surface area contributed by atoms with Crippen LogP contribution < -0.4 is 5.32 Å². The number of hydrogen-bond acceptors (Lipinski definition) is 4. The van der Waals surface area contributed by atoms with Crippen LogP contribution in [0.3, 0.4) is 0 Å². The van der Waals surface area contributed by atoms with Crippen molar-refractivity contribution in [2.45, 2.75) is 12.5 Å². The summed E-state index contributed by atoms with van der Waals surface area (Å²) < 4.78 is 4.82. The molecule has 0 aliphatic heterocycles. The number of carbonyl (C=O) groups is 1. The first kappa shape index (κ1) is 11.9. The molecule has 0 aliphatic rings. The van der Waals surface area contributed by atoms with Crippen molar-refractivity contribution in [1.82, 2.24) is 5.32 Å². The van der Waals surface area contributed by atoms with Crippen molar-refractivity contribution in [3.63, 3.8) is 0 Å². The molecule has 1 unspecified atom stereocenters. The van der Waals surface area contributed by atoms with Crippen molar-refractivity contribution < 1.29 is 14.3 Å². The van der Waals surface area contributed by atoms with Crippen LogP contribution in [0.4, 0.5) is 0 Å². The van der Waals surface area contributed by atoms with Gasteiger partial charge in [0.15, 0.2) is 0 Å². The number of rotatable bonds is 4. The van der Waals surface area contributed by atoms with Gasteiger partial charge in [-0.25, -0.2) is 0 Å². The highest BCUT2D eigenvalue weighted by Gasteiger charge is 2.24. The maximum atomic E-state index is 11.6. The molecular formula is C12H13NO3S. The smallest absolute Gasteiger partial charge is 0.254 e. The zero-order valence-electron chi connectivity index (χ0n) is 9.34. The predicted molar refractivity (Wildman–Crippen MR) is 64.9 cm³/mol. The molecule has 0 aromatic carbocycles. The maximum Gasteiger partial charge on any atom is 0.254 e. The molecule has 0 bridgehead atoms. The Bertz CT molecular complexity index is 474. The molecule has 1 amide bonds. The van der Waals surface area contributed by atoms with E-state index < -0.39 is 5.60 Å². The Morgan fingerprint density at radius 1 is 1.59 bits per heavy atom.